The third-order valence-corrected chi connectivity index (χ3v) is 3.16. The van der Waals surface area contributed by atoms with Crippen molar-refractivity contribution in [2.45, 2.75) is 26.2 Å². The van der Waals surface area contributed by atoms with Crippen LogP contribution in [0.4, 0.5) is 0 Å². The lowest BCUT2D eigenvalue weighted by molar-refractivity contribution is -0.306. The summed E-state index contributed by atoms with van der Waals surface area (Å²) in [7, 11) is 1.30. The van der Waals surface area contributed by atoms with Crippen molar-refractivity contribution in [3.8, 4) is 0 Å². The van der Waals surface area contributed by atoms with Crippen LogP contribution in [0.15, 0.2) is 30.3 Å². The Hall–Kier alpha value is -1.84. The number of hydrogen-bond acceptors (Lipinski definition) is 4. The highest BCUT2D eigenvalue weighted by Gasteiger charge is 2.38. The van der Waals surface area contributed by atoms with E-state index >= 15 is 0 Å². The van der Waals surface area contributed by atoms with E-state index in [0.717, 1.165) is 5.56 Å². The number of carboxylic acid groups (broad SMARTS) is 1. The summed E-state index contributed by atoms with van der Waals surface area (Å²) in [6.45, 7) is 3.36. The number of carboxylic acids is 1. The lowest BCUT2D eigenvalue weighted by Crippen LogP contribution is -2.36. The molecule has 0 aliphatic carbocycles. The summed E-state index contributed by atoms with van der Waals surface area (Å²) in [6, 6.07) is 9.07. The smallest absolute Gasteiger partial charge is 0.311 e. The number of rotatable bonds is 5. The van der Waals surface area contributed by atoms with Crippen LogP contribution in [0.25, 0.3) is 0 Å². The predicted molar refractivity (Wildman–Crippen MR) is 64.6 cm³/mol. The minimum absolute atomic E-state index is 0.216. The van der Waals surface area contributed by atoms with Crippen LogP contribution in [0.2, 0.25) is 0 Å². The van der Waals surface area contributed by atoms with Crippen molar-refractivity contribution in [3.05, 3.63) is 35.9 Å². The molecule has 0 saturated carbocycles. The lowest BCUT2D eigenvalue weighted by Gasteiger charge is -2.32. The molecule has 0 aliphatic heterocycles. The van der Waals surface area contributed by atoms with Gasteiger partial charge in [-0.2, -0.15) is 0 Å². The first kappa shape index (κ1) is 14.2. The van der Waals surface area contributed by atoms with E-state index in [4.69, 9.17) is 4.74 Å². The van der Waals surface area contributed by atoms with Crippen LogP contribution >= 0.6 is 0 Å². The minimum atomic E-state index is -1.18. The fraction of sp³-hybridized carbons (Fsp3) is 0.429. The molecule has 0 aliphatic rings. The van der Waals surface area contributed by atoms with Gasteiger partial charge in [0.05, 0.1) is 12.5 Å². The molecule has 0 saturated heterocycles. The van der Waals surface area contributed by atoms with E-state index in [1.807, 2.05) is 18.2 Å². The first-order valence-corrected chi connectivity index (χ1v) is 5.72. The van der Waals surface area contributed by atoms with E-state index in [2.05, 4.69) is 0 Å². The number of ether oxygens (including phenoxy) is 1. The molecule has 0 N–H and O–H groups in total. The van der Waals surface area contributed by atoms with Gasteiger partial charge in [-0.25, -0.2) is 0 Å². The third-order valence-electron chi connectivity index (χ3n) is 3.16. The molecule has 1 rings (SSSR count). The maximum atomic E-state index is 11.8. The Morgan fingerprint density at radius 2 is 1.83 bits per heavy atom. The van der Waals surface area contributed by atoms with Gasteiger partial charge >= 0.3 is 5.97 Å². The molecule has 0 spiro atoms. The molecule has 18 heavy (non-hydrogen) atoms. The first-order chi connectivity index (χ1) is 8.39. The van der Waals surface area contributed by atoms with E-state index < -0.39 is 23.3 Å². The molecular weight excluding hydrogens is 232 g/mol. The molecule has 0 bridgehead atoms. The van der Waals surface area contributed by atoms with Crippen LogP contribution in [0, 0.1) is 5.41 Å². The quantitative estimate of drug-likeness (QED) is 0.733. The number of carbonyl (C=O) groups is 2. The lowest BCUT2D eigenvalue weighted by atomic mass is 9.73. The molecule has 0 radical (unpaired) electrons. The Kier molecular flexibility index (Phi) is 4.48. The van der Waals surface area contributed by atoms with E-state index in [1.165, 1.54) is 7.11 Å². The van der Waals surface area contributed by atoms with Crippen molar-refractivity contribution in [1.29, 1.82) is 0 Å². The molecule has 1 aromatic rings. The van der Waals surface area contributed by atoms with E-state index in [9.17, 15) is 14.7 Å². The molecule has 4 heteroatoms. The zero-order valence-electron chi connectivity index (χ0n) is 10.8. The molecular formula is C14H17O4-. The highest BCUT2D eigenvalue weighted by Crippen LogP contribution is 2.38. The van der Waals surface area contributed by atoms with Gasteiger partial charge in [0.1, 0.15) is 0 Å². The maximum absolute atomic E-state index is 11.8. The number of carbonyl (C=O) groups excluding carboxylic acids is 2. The molecule has 0 fully saturated rings. The summed E-state index contributed by atoms with van der Waals surface area (Å²) in [5.41, 5.74) is -0.131. The Morgan fingerprint density at radius 3 is 2.28 bits per heavy atom. The van der Waals surface area contributed by atoms with E-state index in [0.29, 0.717) is 0 Å². The second-order valence-electron chi connectivity index (χ2n) is 4.75. The first-order valence-electron chi connectivity index (χ1n) is 5.72. The average molecular weight is 249 g/mol. The Balaban J connectivity index is 3.13. The van der Waals surface area contributed by atoms with Gasteiger partial charge < -0.3 is 14.6 Å². The highest BCUT2D eigenvalue weighted by atomic mass is 16.5. The maximum Gasteiger partial charge on any atom is 0.311 e. The molecule has 1 aromatic carbocycles. The van der Waals surface area contributed by atoms with Gasteiger partial charge in [-0.1, -0.05) is 30.3 Å². The molecule has 0 aromatic heterocycles. The Labute approximate surface area is 107 Å². The fourth-order valence-corrected chi connectivity index (χ4v) is 2.05. The van der Waals surface area contributed by atoms with Crippen molar-refractivity contribution >= 4 is 11.9 Å². The number of benzene rings is 1. The van der Waals surface area contributed by atoms with E-state index in [1.54, 1.807) is 26.0 Å². The molecule has 0 amide bonds. The zero-order valence-corrected chi connectivity index (χ0v) is 10.8. The van der Waals surface area contributed by atoms with Crippen molar-refractivity contribution in [2.24, 2.45) is 5.41 Å². The summed E-state index contributed by atoms with van der Waals surface area (Å²) < 4.78 is 4.75. The topological polar surface area (TPSA) is 66.4 Å². The number of hydrogen-bond donors (Lipinski definition) is 0. The summed E-state index contributed by atoms with van der Waals surface area (Å²) in [5, 5.41) is 10.9. The second kappa shape index (κ2) is 5.67. The van der Waals surface area contributed by atoms with E-state index in [-0.39, 0.29) is 6.42 Å². The molecule has 4 nitrogen and oxygen atoms in total. The van der Waals surface area contributed by atoms with Crippen molar-refractivity contribution in [1.82, 2.24) is 0 Å². The van der Waals surface area contributed by atoms with Crippen LogP contribution in [0.5, 0.6) is 0 Å². The van der Waals surface area contributed by atoms with Gasteiger partial charge in [0.25, 0.3) is 0 Å². The summed E-state index contributed by atoms with van der Waals surface area (Å²) in [4.78, 5) is 22.7. The number of esters is 1. The predicted octanol–water partition coefficient (Wildman–Crippen LogP) is 1.11. The molecule has 98 valence electrons. The van der Waals surface area contributed by atoms with Gasteiger partial charge in [0.15, 0.2) is 0 Å². The number of methoxy groups -OCH3 is 1. The van der Waals surface area contributed by atoms with Crippen LogP contribution in [-0.2, 0) is 14.3 Å². The second-order valence-corrected chi connectivity index (χ2v) is 4.75. The van der Waals surface area contributed by atoms with Crippen LogP contribution in [-0.4, -0.2) is 19.0 Å². The summed E-state index contributed by atoms with van der Waals surface area (Å²) >= 11 is 0. The molecule has 0 unspecified atom stereocenters. The summed E-state index contributed by atoms with van der Waals surface area (Å²) in [6.07, 6.45) is -0.216. The van der Waals surface area contributed by atoms with Crippen molar-refractivity contribution < 1.29 is 19.4 Å². The van der Waals surface area contributed by atoms with Crippen molar-refractivity contribution in [3.63, 3.8) is 0 Å². The number of aliphatic carboxylic acids is 1. The van der Waals surface area contributed by atoms with Gasteiger partial charge in [0.2, 0.25) is 0 Å². The Morgan fingerprint density at radius 1 is 1.28 bits per heavy atom. The Bertz CT molecular complexity index is 423. The molecule has 0 heterocycles. The van der Waals surface area contributed by atoms with Crippen LogP contribution in [0.3, 0.4) is 0 Å². The normalized spacial score (nSPS) is 12.8. The monoisotopic (exact) mass is 249 g/mol. The zero-order chi connectivity index (χ0) is 13.8. The highest BCUT2D eigenvalue weighted by molar-refractivity contribution is 5.78. The molecule has 1 atom stereocenters. The fourth-order valence-electron chi connectivity index (χ4n) is 2.05. The SMILES string of the molecule is COC(=O)C(C)(C)[C@@H](CC(=O)[O-])c1ccccc1. The third kappa shape index (κ3) is 3.09. The average Bonchev–Trinajstić information content (AvgIpc) is 2.35. The van der Waals surface area contributed by atoms with Gasteiger partial charge in [-0.15, -0.1) is 0 Å². The minimum Gasteiger partial charge on any atom is -0.550 e. The van der Waals surface area contributed by atoms with Gasteiger partial charge in [0, 0.05) is 11.9 Å². The van der Waals surface area contributed by atoms with Gasteiger partial charge in [-0.3, -0.25) is 4.79 Å². The van der Waals surface area contributed by atoms with Crippen molar-refractivity contribution in [2.75, 3.05) is 7.11 Å². The summed E-state index contributed by atoms with van der Waals surface area (Å²) in [5.74, 6) is -2.09. The van der Waals surface area contributed by atoms with Crippen LogP contribution in [0.1, 0.15) is 31.7 Å². The largest absolute Gasteiger partial charge is 0.550 e. The standard InChI is InChI=1S/C14H18O4/c1-14(2,13(17)18-3)11(9-12(15)16)10-7-5-4-6-8-10/h4-8,11H,9H2,1-3H3,(H,15,16)/p-1/t11-/m0/s1. The van der Waals surface area contributed by atoms with Gasteiger partial charge in [-0.05, 0) is 25.8 Å². The van der Waals surface area contributed by atoms with Crippen LogP contribution < -0.4 is 5.11 Å².